The minimum Gasteiger partial charge on any atom is -0.355 e. The summed E-state index contributed by atoms with van der Waals surface area (Å²) in [7, 11) is 1.57. The van der Waals surface area contributed by atoms with Gasteiger partial charge in [-0.2, -0.15) is 0 Å². The van der Waals surface area contributed by atoms with Crippen LogP contribution in [-0.2, 0) is 6.42 Å². The van der Waals surface area contributed by atoms with Gasteiger partial charge in [-0.25, -0.2) is 4.99 Å². The molecule has 122 valence electrons. The summed E-state index contributed by atoms with van der Waals surface area (Å²) in [5.74, 6) is 0.452. The van der Waals surface area contributed by atoms with E-state index in [9.17, 15) is 14.9 Å². The first kappa shape index (κ1) is 15.9. The number of nitro groups is 1. The number of hydrogen-bond acceptors (Lipinski definition) is 5. The predicted octanol–water partition coefficient (Wildman–Crippen LogP) is 3.31. The fourth-order valence-corrected chi connectivity index (χ4v) is 2.69. The standard InChI is InChI=1S/C16H13ClN4O3/c1-18-16(22)9-3-2-4-11(5-9)19-15-7-10-6-14(21(23)24)12(17)8-13(10)20-15/h2-6,8H,7H2,1H3,(H,18,22)(H,19,20). The molecule has 1 aliphatic heterocycles. The molecule has 1 amide bonds. The second-order valence-electron chi connectivity index (χ2n) is 5.21. The normalized spacial score (nSPS) is 12.3. The molecule has 7 nitrogen and oxygen atoms in total. The maximum absolute atomic E-state index is 11.7. The van der Waals surface area contributed by atoms with Crippen LogP contribution < -0.4 is 10.6 Å². The van der Waals surface area contributed by atoms with Crippen LogP contribution in [0.25, 0.3) is 0 Å². The number of nitrogens with zero attached hydrogens (tertiary/aromatic N) is 2. The summed E-state index contributed by atoms with van der Waals surface area (Å²) >= 11 is 5.91. The van der Waals surface area contributed by atoms with E-state index in [0.29, 0.717) is 29.2 Å². The third-order valence-corrected chi connectivity index (χ3v) is 3.90. The molecule has 0 spiro atoms. The van der Waals surface area contributed by atoms with Crippen LogP contribution in [0, 0.1) is 10.1 Å². The highest BCUT2D eigenvalue weighted by Crippen LogP contribution is 2.36. The zero-order chi connectivity index (χ0) is 17.3. The zero-order valence-corrected chi connectivity index (χ0v) is 13.4. The van der Waals surface area contributed by atoms with Crippen molar-refractivity contribution in [2.24, 2.45) is 4.99 Å². The van der Waals surface area contributed by atoms with Crippen molar-refractivity contribution < 1.29 is 9.72 Å². The molecule has 0 aliphatic carbocycles. The van der Waals surface area contributed by atoms with E-state index >= 15 is 0 Å². The average molecular weight is 345 g/mol. The molecule has 2 N–H and O–H groups in total. The van der Waals surface area contributed by atoms with E-state index in [1.54, 1.807) is 25.2 Å². The van der Waals surface area contributed by atoms with E-state index in [2.05, 4.69) is 15.6 Å². The second kappa shape index (κ2) is 6.29. The van der Waals surface area contributed by atoms with E-state index in [0.717, 1.165) is 5.56 Å². The summed E-state index contributed by atoms with van der Waals surface area (Å²) in [6, 6.07) is 9.92. The minimum absolute atomic E-state index is 0.0605. The summed E-state index contributed by atoms with van der Waals surface area (Å²) in [5.41, 5.74) is 2.45. The molecule has 0 radical (unpaired) electrons. The van der Waals surface area contributed by atoms with Crippen molar-refractivity contribution in [1.29, 1.82) is 0 Å². The van der Waals surface area contributed by atoms with Crippen molar-refractivity contribution in [2.45, 2.75) is 6.42 Å². The van der Waals surface area contributed by atoms with Gasteiger partial charge in [0, 0.05) is 30.8 Å². The molecule has 8 heteroatoms. The molecule has 0 saturated carbocycles. The number of benzene rings is 2. The lowest BCUT2D eigenvalue weighted by Crippen LogP contribution is -2.18. The number of carbonyl (C=O) groups excluding carboxylic acids is 1. The van der Waals surface area contributed by atoms with Gasteiger partial charge in [-0.3, -0.25) is 14.9 Å². The minimum atomic E-state index is -0.513. The van der Waals surface area contributed by atoms with Crippen molar-refractivity contribution >= 4 is 40.4 Å². The Morgan fingerprint density at radius 1 is 1.33 bits per heavy atom. The molecule has 2 aromatic rings. The lowest BCUT2D eigenvalue weighted by Gasteiger charge is -2.07. The van der Waals surface area contributed by atoms with Gasteiger partial charge in [0.25, 0.3) is 11.6 Å². The molecule has 24 heavy (non-hydrogen) atoms. The van der Waals surface area contributed by atoms with Crippen molar-refractivity contribution in [1.82, 2.24) is 5.32 Å². The third-order valence-electron chi connectivity index (χ3n) is 3.60. The van der Waals surface area contributed by atoms with Crippen LogP contribution in [0.3, 0.4) is 0 Å². The average Bonchev–Trinajstić information content (AvgIpc) is 2.94. The van der Waals surface area contributed by atoms with Crippen LogP contribution >= 0.6 is 11.6 Å². The first-order valence-electron chi connectivity index (χ1n) is 7.11. The number of rotatable bonds is 3. The molecule has 1 heterocycles. The van der Waals surface area contributed by atoms with Gasteiger partial charge >= 0.3 is 0 Å². The van der Waals surface area contributed by atoms with E-state index in [1.807, 2.05) is 6.07 Å². The highest BCUT2D eigenvalue weighted by atomic mass is 35.5. The number of anilines is 1. The van der Waals surface area contributed by atoms with Crippen molar-refractivity contribution in [3.8, 4) is 0 Å². The summed E-state index contributed by atoms with van der Waals surface area (Å²) in [6.07, 6.45) is 0.428. The Morgan fingerprint density at radius 3 is 2.83 bits per heavy atom. The van der Waals surface area contributed by atoms with Gasteiger partial charge in [-0.05, 0) is 29.8 Å². The van der Waals surface area contributed by atoms with Gasteiger partial charge < -0.3 is 10.6 Å². The summed E-state index contributed by atoms with van der Waals surface area (Å²) in [6.45, 7) is 0. The van der Waals surface area contributed by atoms with Crippen LogP contribution in [0.5, 0.6) is 0 Å². The fourth-order valence-electron chi connectivity index (χ4n) is 2.47. The van der Waals surface area contributed by atoms with Gasteiger partial charge in [-0.15, -0.1) is 0 Å². The Bertz CT molecular complexity index is 880. The van der Waals surface area contributed by atoms with Crippen LogP contribution in [0.1, 0.15) is 15.9 Å². The van der Waals surface area contributed by atoms with Gasteiger partial charge in [-0.1, -0.05) is 17.7 Å². The molecule has 0 fully saturated rings. The Balaban J connectivity index is 1.82. The van der Waals surface area contributed by atoms with E-state index in [-0.39, 0.29) is 16.6 Å². The van der Waals surface area contributed by atoms with Gasteiger partial charge in [0.1, 0.15) is 10.9 Å². The molecule has 1 aliphatic rings. The SMILES string of the molecule is CNC(=O)c1cccc(NC2=Nc3cc(Cl)c([N+](=O)[O-])cc3C2)c1. The first-order valence-corrected chi connectivity index (χ1v) is 7.49. The van der Waals surface area contributed by atoms with Gasteiger partial charge in [0.2, 0.25) is 0 Å². The van der Waals surface area contributed by atoms with Crippen LogP contribution in [-0.4, -0.2) is 23.7 Å². The highest BCUT2D eigenvalue weighted by Gasteiger charge is 2.22. The number of nitro benzene ring substituents is 1. The van der Waals surface area contributed by atoms with Crippen LogP contribution in [0.15, 0.2) is 41.4 Å². The van der Waals surface area contributed by atoms with E-state index in [4.69, 9.17) is 11.6 Å². The molecule has 0 bridgehead atoms. The molecular formula is C16H13ClN4O3. The number of carbonyl (C=O) groups is 1. The van der Waals surface area contributed by atoms with Crippen molar-refractivity contribution in [3.05, 3.63) is 62.7 Å². The molecule has 3 rings (SSSR count). The monoisotopic (exact) mass is 344 g/mol. The van der Waals surface area contributed by atoms with E-state index < -0.39 is 4.92 Å². The van der Waals surface area contributed by atoms with Crippen molar-refractivity contribution in [3.63, 3.8) is 0 Å². The number of halogens is 1. The van der Waals surface area contributed by atoms with Crippen LogP contribution in [0.4, 0.5) is 17.1 Å². The molecule has 0 saturated heterocycles. The maximum atomic E-state index is 11.7. The van der Waals surface area contributed by atoms with Gasteiger partial charge in [0.05, 0.1) is 10.6 Å². The first-order chi connectivity index (χ1) is 11.5. The van der Waals surface area contributed by atoms with E-state index in [1.165, 1.54) is 12.1 Å². The zero-order valence-electron chi connectivity index (χ0n) is 12.7. The number of fused-ring (bicyclic) bond motifs is 1. The topological polar surface area (TPSA) is 96.6 Å². The Hall–Kier alpha value is -2.93. The quantitative estimate of drug-likeness (QED) is 0.659. The fraction of sp³-hybridized carbons (Fsp3) is 0.125. The number of hydrogen-bond donors (Lipinski definition) is 2. The molecule has 0 unspecified atom stereocenters. The Kier molecular flexibility index (Phi) is 4.18. The number of amidine groups is 1. The molecular weight excluding hydrogens is 332 g/mol. The van der Waals surface area contributed by atoms with Gasteiger partial charge in [0.15, 0.2) is 0 Å². The maximum Gasteiger partial charge on any atom is 0.288 e. The van der Waals surface area contributed by atoms with Crippen LogP contribution in [0.2, 0.25) is 5.02 Å². The summed E-state index contributed by atoms with van der Waals surface area (Å²) < 4.78 is 0. The Labute approximate surface area is 142 Å². The van der Waals surface area contributed by atoms with Crippen molar-refractivity contribution in [2.75, 3.05) is 12.4 Å². The molecule has 0 aromatic heterocycles. The molecule has 0 atom stereocenters. The lowest BCUT2D eigenvalue weighted by molar-refractivity contribution is -0.384. The predicted molar refractivity (Wildman–Crippen MR) is 92.4 cm³/mol. The smallest absolute Gasteiger partial charge is 0.288 e. The summed E-state index contributed by atoms with van der Waals surface area (Å²) in [4.78, 5) is 26.5. The number of nitrogens with one attached hydrogen (secondary N) is 2. The number of aliphatic imine (C=N–C) groups is 1. The summed E-state index contributed by atoms with van der Waals surface area (Å²) in [5, 5.41) is 16.7. The Morgan fingerprint density at radius 2 is 2.12 bits per heavy atom. The molecule has 2 aromatic carbocycles. The second-order valence-corrected chi connectivity index (χ2v) is 5.62. The highest BCUT2D eigenvalue weighted by molar-refractivity contribution is 6.33. The largest absolute Gasteiger partial charge is 0.355 e. The third kappa shape index (κ3) is 3.07. The number of amides is 1. The lowest BCUT2D eigenvalue weighted by atomic mass is 10.1.